The van der Waals surface area contributed by atoms with E-state index in [0.29, 0.717) is 6.61 Å². The highest BCUT2D eigenvalue weighted by atomic mass is 16.5. The number of aromatic nitrogens is 1. The third kappa shape index (κ3) is 3.77. The van der Waals surface area contributed by atoms with Crippen molar-refractivity contribution in [3.05, 3.63) is 47.9 Å². The quantitative estimate of drug-likeness (QED) is 0.791. The topological polar surface area (TPSA) is 35.3 Å². The molecule has 0 fully saturated rings. The first kappa shape index (κ1) is 12.3. The summed E-state index contributed by atoms with van der Waals surface area (Å²) in [6, 6.07) is 11.5. The Morgan fingerprint density at radius 2 is 1.88 bits per heavy atom. The molecular formula is C13H17NO2. The standard InChI is InChI=1S/C11H11NO2.C2H6/c1-9-7-10(12-14-9)8-13-11-5-3-2-4-6-11;1-2/h2-7H,8H2,1H3;1-2H3. The molecule has 0 unspecified atom stereocenters. The number of aryl methyl sites for hydroxylation is 1. The number of rotatable bonds is 3. The van der Waals surface area contributed by atoms with E-state index in [4.69, 9.17) is 9.26 Å². The van der Waals surface area contributed by atoms with Crippen molar-refractivity contribution in [2.45, 2.75) is 27.4 Å². The maximum atomic E-state index is 5.48. The highest BCUT2D eigenvalue weighted by Crippen LogP contribution is 2.11. The zero-order valence-corrected chi connectivity index (χ0v) is 9.93. The predicted molar refractivity (Wildman–Crippen MR) is 63.4 cm³/mol. The third-order valence-electron chi connectivity index (χ3n) is 1.81. The Hall–Kier alpha value is -1.77. The fourth-order valence-electron chi connectivity index (χ4n) is 1.16. The van der Waals surface area contributed by atoms with Gasteiger partial charge < -0.3 is 9.26 Å². The van der Waals surface area contributed by atoms with E-state index >= 15 is 0 Å². The molecule has 3 nitrogen and oxygen atoms in total. The van der Waals surface area contributed by atoms with Gasteiger partial charge >= 0.3 is 0 Å². The first-order chi connectivity index (χ1) is 7.84. The van der Waals surface area contributed by atoms with Crippen molar-refractivity contribution in [1.82, 2.24) is 5.16 Å². The second-order valence-electron chi connectivity index (χ2n) is 3.03. The van der Waals surface area contributed by atoms with Crippen molar-refractivity contribution in [2.24, 2.45) is 0 Å². The molecule has 0 aliphatic carbocycles. The number of ether oxygens (including phenoxy) is 1. The lowest BCUT2D eigenvalue weighted by molar-refractivity contribution is 0.288. The Morgan fingerprint density at radius 1 is 1.19 bits per heavy atom. The van der Waals surface area contributed by atoms with Crippen LogP contribution in [-0.2, 0) is 6.61 Å². The minimum absolute atomic E-state index is 0.446. The van der Waals surface area contributed by atoms with Crippen LogP contribution in [0.2, 0.25) is 0 Å². The highest BCUT2D eigenvalue weighted by Gasteiger charge is 2.00. The van der Waals surface area contributed by atoms with Crippen LogP contribution in [0.5, 0.6) is 5.75 Å². The molecule has 16 heavy (non-hydrogen) atoms. The van der Waals surface area contributed by atoms with Crippen molar-refractivity contribution in [1.29, 1.82) is 0 Å². The van der Waals surface area contributed by atoms with Gasteiger partial charge in [0, 0.05) is 6.07 Å². The van der Waals surface area contributed by atoms with Crippen LogP contribution in [0.25, 0.3) is 0 Å². The largest absolute Gasteiger partial charge is 0.487 e. The fraction of sp³-hybridized carbons (Fsp3) is 0.308. The van der Waals surface area contributed by atoms with Crippen molar-refractivity contribution in [3.63, 3.8) is 0 Å². The van der Waals surface area contributed by atoms with E-state index in [1.165, 1.54) is 0 Å². The van der Waals surface area contributed by atoms with E-state index in [2.05, 4.69) is 5.16 Å². The van der Waals surface area contributed by atoms with Gasteiger partial charge in [-0.05, 0) is 19.1 Å². The third-order valence-corrected chi connectivity index (χ3v) is 1.81. The van der Waals surface area contributed by atoms with E-state index in [-0.39, 0.29) is 0 Å². The van der Waals surface area contributed by atoms with Gasteiger partial charge in [-0.15, -0.1) is 0 Å². The van der Waals surface area contributed by atoms with Crippen molar-refractivity contribution < 1.29 is 9.26 Å². The molecule has 0 spiro atoms. The molecule has 1 heterocycles. The van der Waals surface area contributed by atoms with Gasteiger partial charge in [-0.25, -0.2) is 0 Å². The first-order valence-corrected chi connectivity index (χ1v) is 5.44. The molecule has 0 radical (unpaired) electrons. The SMILES string of the molecule is CC.Cc1cc(COc2ccccc2)no1. The van der Waals surface area contributed by atoms with Crippen LogP contribution in [0.1, 0.15) is 25.3 Å². The normalized spacial score (nSPS) is 9.19. The van der Waals surface area contributed by atoms with Crippen LogP contribution < -0.4 is 4.74 Å². The van der Waals surface area contributed by atoms with Gasteiger partial charge in [0.1, 0.15) is 23.8 Å². The molecular weight excluding hydrogens is 202 g/mol. The van der Waals surface area contributed by atoms with E-state index in [9.17, 15) is 0 Å². The van der Waals surface area contributed by atoms with E-state index in [0.717, 1.165) is 17.2 Å². The second kappa shape index (κ2) is 6.67. The van der Waals surface area contributed by atoms with Gasteiger partial charge in [0.15, 0.2) is 0 Å². The van der Waals surface area contributed by atoms with E-state index in [1.807, 2.05) is 57.2 Å². The number of hydrogen-bond acceptors (Lipinski definition) is 3. The predicted octanol–water partition coefficient (Wildman–Crippen LogP) is 3.59. The second-order valence-corrected chi connectivity index (χ2v) is 3.03. The summed E-state index contributed by atoms with van der Waals surface area (Å²) in [5, 5.41) is 3.83. The first-order valence-electron chi connectivity index (χ1n) is 5.44. The molecule has 86 valence electrons. The zero-order valence-electron chi connectivity index (χ0n) is 9.93. The Balaban J connectivity index is 0.000000606. The minimum atomic E-state index is 0.446. The maximum absolute atomic E-state index is 5.48. The van der Waals surface area contributed by atoms with E-state index < -0.39 is 0 Å². The number of nitrogens with zero attached hydrogens (tertiary/aromatic N) is 1. The average molecular weight is 219 g/mol. The summed E-state index contributed by atoms with van der Waals surface area (Å²) in [5.41, 5.74) is 0.811. The highest BCUT2D eigenvalue weighted by molar-refractivity contribution is 5.21. The molecule has 1 aromatic carbocycles. The monoisotopic (exact) mass is 219 g/mol. The van der Waals surface area contributed by atoms with Gasteiger partial charge in [-0.2, -0.15) is 0 Å². The van der Waals surface area contributed by atoms with Crippen molar-refractivity contribution in [3.8, 4) is 5.75 Å². The maximum Gasteiger partial charge on any atom is 0.134 e. The lowest BCUT2D eigenvalue weighted by atomic mass is 10.3. The van der Waals surface area contributed by atoms with Crippen LogP contribution in [0.4, 0.5) is 0 Å². The van der Waals surface area contributed by atoms with Crippen molar-refractivity contribution in [2.75, 3.05) is 0 Å². The Kier molecular flexibility index (Phi) is 5.12. The van der Waals surface area contributed by atoms with Gasteiger partial charge in [0.05, 0.1) is 0 Å². The molecule has 2 rings (SSSR count). The number of para-hydroxylation sites is 1. The number of hydrogen-bond donors (Lipinski definition) is 0. The Bertz CT molecular complexity index is 395. The lowest BCUT2D eigenvalue weighted by Crippen LogP contribution is -1.94. The minimum Gasteiger partial charge on any atom is -0.487 e. The summed E-state index contributed by atoms with van der Waals surface area (Å²) >= 11 is 0. The average Bonchev–Trinajstić information content (AvgIpc) is 2.77. The van der Waals surface area contributed by atoms with Crippen LogP contribution in [0.15, 0.2) is 40.9 Å². The molecule has 0 amide bonds. The molecule has 0 N–H and O–H groups in total. The molecule has 3 heteroatoms. The summed E-state index contributed by atoms with van der Waals surface area (Å²) < 4.78 is 10.4. The van der Waals surface area contributed by atoms with Crippen LogP contribution in [0, 0.1) is 6.92 Å². The molecule has 0 saturated heterocycles. The van der Waals surface area contributed by atoms with Gasteiger partial charge in [-0.3, -0.25) is 0 Å². The lowest BCUT2D eigenvalue weighted by Gasteiger charge is -2.01. The summed E-state index contributed by atoms with van der Waals surface area (Å²) in [4.78, 5) is 0. The Labute approximate surface area is 96.0 Å². The smallest absolute Gasteiger partial charge is 0.134 e. The zero-order chi connectivity index (χ0) is 11.8. The summed E-state index contributed by atoms with van der Waals surface area (Å²) in [6.45, 7) is 6.31. The molecule has 0 atom stereocenters. The molecule has 2 aromatic rings. The van der Waals surface area contributed by atoms with Gasteiger partial charge in [0.25, 0.3) is 0 Å². The summed E-state index contributed by atoms with van der Waals surface area (Å²) in [6.07, 6.45) is 0. The number of benzene rings is 1. The summed E-state index contributed by atoms with van der Waals surface area (Å²) in [7, 11) is 0. The molecule has 0 bridgehead atoms. The van der Waals surface area contributed by atoms with Crippen molar-refractivity contribution >= 4 is 0 Å². The van der Waals surface area contributed by atoms with Crippen LogP contribution in [-0.4, -0.2) is 5.16 Å². The molecule has 0 saturated carbocycles. The molecule has 0 aliphatic heterocycles. The fourth-order valence-corrected chi connectivity index (χ4v) is 1.16. The van der Waals surface area contributed by atoms with Gasteiger partial charge in [-0.1, -0.05) is 37.2 Å². The summed E-state index contributed by atoms with van der Waals surface area (Å²) in [5.74, 6) is 1.64. The van der Waals surface area contributed by atoms with E-state index in [1.54, 1.807) is 0 Å². The Morgan fingerprint density at radius 3 is 2.44 bits per heavy atom. The molecule has 0 aliphatic rings. The van der Waals surface area contributed by atoms with Crippen LogP contribution >= 0.6 is 0 Å². The van der Waals surface area contributed by atoms with Crippen LogP contribution in [0.3, 0.4) is 0 Å². The molecule has 1 aromatic heterocycles. The van der Waals surface area contributed by atoms with Gasteiger partial charge in [0.2, 0.25) is 0 Å².